The molecular weight excluding hydrogens is 424 g/mol. The Morgan fingerprint density at radius 3 is 1.37 bits per heavy atom. The molecule has 30 heavy (non-hydrogen) atoms. The Kier molecular flexibility index (Phi) is 7.30. The zero-order valence-corrected chi connectivity index (χ0v) is 19.0. The van der Waals surface area contributed by atoms with E-state index in [1.54, 1.807) is 48.5 Å². The van der Waals surface area contributed by atoms with Crippen LogP contribution in [0, 0.1) is 13.8 Å². The van der Waals surface area contributed by atoms with Crippen molar-refractivity contribution >= 4 is 20.0 Å². The minimum absolute atomic E-state index is 0.212. The van der Waals surface area contributed by atoms with Crippen molar-refractivity contribution in [1.29, 1.82) is 0 Å². The summed E-state index contributed by atoms with van der Waals surface area (Å²) in [5.74, 6) is 0. The van der Waals surface area contributed by atoms with Gasteiger partial charge in [0.15, 0.2) is 0 Å². The van der Waals surface area contributed by atoms with Gasteiger partial charge >= 0.3 is 0 Å². The Bertz CT molecular complexity index is 964. The van der Waals surface area contributed by atoms with Crippen LogP contribution < -0.4 is 0 Å². The number of sulfonamides is 2. The SMILES string of the molecule is Cc1ccc(S(=O)(=O)N2CCCN(S(=O)(=O)c3ccc(C)cc3)CCOCC2)cc1. The summed E-state index contributed by atoms with van der Waals surface area (Å²) in [6.07, 6.45) is 0.399. The maximum absolute atomic E-state index is 13.0. The fourth-order valence-corrected chi connectivity index (χ4v) is 6.21. The zero-order valence-electron chi connectivity index (χ0n) is 17.3. The maximum atomic E-state index is 13.0. The minimum atomic E-state index is -3.67. The number of hydrogen-bond acceptors (Lipinski definition) is 5. The van der Waals surface area contributed by atoms with Crippen molar-refractivity contribution in [3.05, 3.63) is 59.7 Å². The summed E-state index contributed by atoms with van der Waals surface area (Å²) in [5, 5.41) is 0. The quantitative estimate of drug-likeness (QED) is 0.711. The Balaban J connectivity index is 1.76. The lowest BCUT2D eigenvalue weighted by Gasteiger charge is -2.27. The second-order valence-corrected chi connectivity index (χ2v) is 11.3. The second kappa shape index (κ2) is 9.57. The highest BCUT2D eigenvalue weighted by Gasteiger charge is 2.28. The summed E-state index contributed by atoms with van der Waals surface area (Å²) in [7, 11) is -7.34. The van der Waals surface area contributed by atoms with Crippen LogP contribution in [0.3, 0.4) is 0 Å². The molecule has 0 saturated carbocycles. The number of aryl methyl sites for hydroxylation is 2. The molecule has 0 bridgehead atoms. The molecule has 0 amide bonds. The summed E-state index contributed by atoms with van der Waals surface area (Å²) in [6, 6.07) is 13.4. The van der Waals surface area contributed by atoms with Crippen LogP contribution in [-0.4, -0.2) is 64.8 Å². The van der Waals surface area contributed by atoms with Crippen LogP contribution in [0.25, 0.3) is 0 Å². The van der Waals surface area contributed by atoms with Gasteiger partial charge in [-0.2, -0.15) is 8.61 Å². The fourth-order valence-electron chi connectivity index (χ4n) is 3.28. The molecule has 1 fully saturated rings. The van der Waals surface area contributed by atoms with Gasteiger partial charge < -0.3 is 4.74 Å². The van der Waals surface area contributed by atoms with Crippen molar-refractivity contribution in [3.8, 4) is 0 Å². The van der Waals surface area contributed by atoms with Crippen LogP contribution in [0.15, 0.2) is 58.3 Å². The smallest absolute Gasteiger partial charge is 0.243 e. The number of hydrogen-bond donors (Lipinski definition) is 0. The van der Waals surface area contributed by atoms with E-state index < -0.39 is 20.0 Å². The molecule has 1 aliphatic rings. The molecular formula is C21H28N2O5S2. The Hall–Kier alpha value is -1.78. The maximum Gasteiger partial charge on any atom is 0.243 e. The van der Waals surface area contributed by atoms with Crippen LogP contribution in [0.1, 0.15) is 17.5 Å². The summed E-state index contributed by atoms with van der Waals surface area (Å²) in [4.78, 5) is 0.462. The van der Waals surface area contributed by atoms with Crippen LogP contribution in [0.5, 0.6) is 0 Å². The summed E-state index contributed by atoms with van der Waals surface area (Å²) >= 11 is 0. The molecule has 2 aromatic rings. The van der Waals surface area contributed by atoms with E-state index in [-0.39, 0.29) is 49.2 Å². The molecule has 0 spiro atoms. The van der Waals surface area contributed by atoms with E-state index in [2.05, 4.69) is 0 Å². The van der Waals surface area contributed by atoms with Gasteiger partial charge in [0.2, 0.25) is 20.0 Å². The van der Waals surface area contributed by atoms with Gasteiger partial charge in [-0.05, 0) is 44.5 Å². The van der Waals surface area contributed by atoms with E-state index >= 15 is 0 Å². The highest BCUT2D eigenvalue weighted by Crippen LogP contribution is 2.20. The first-order chi connectivity index (χ1) is 14.2. The van der Waals surface area contributed by atoms with Gasteiger partial charge in [-0.25, -0.2) is 16.8 Å². The molecule has 0 aromatic heterocycles. The van der Waals surface area contributed by atoms with Crippen LogP contribution in [0.2, 0.25) is 0 Å². The summed E-state index contributed by atoms with van der Waals surface area (Å²) < 4.78 is 60.4. The van der Waals surface area contributed by atoms with Gasteiger partial charge in [0.1, 0.15) is 0 Å². The van der Waals surface area contributed by atoms with E-state index in [1.165, 1.54) is 8.61 Å². The fraction of sp³-hybridized carbons (Fsp3) is 0.429. The average molecular weight is 453 g/mol. The van der Waals surface area contributed by atoms with E-state index in [0.29, 0.717) is 6.42 Å². The molecule has 0 unspecified atom stereocenters. The molecule has 0 radical (unpaired) electrons. The van der Waals surface area contributed by atoms with Crippen molar-refractivity contribution < 1.29 is 21.6 Å². The van der Waals surface area contributed by atoms with Crippen LogP contribution in [-0.2, 0) is 24.8 Å². The highest BCUT2D eigenvalue weighted by atomic mass is 32.2. The molecule has 164 valence electrons. The summed E-state index contributed by atoms with van der Waals surface area (Å²) in [5.41, 5.74) is 1.96. The molecule has 3 rings (SSSR count). The first-order valence-electron chi connectivity index (χ1n) is 9.93. The lowest BCUT2D eigenvalue weighted by molar-refractivity contribution is 0.105. The molecule has 9 heteroatoms. The first-order valence-corrected chi connectivity index (χ1v) is 12.8. The Labute approximate surface area is 179 Å². The molecule has 0 aliphatic carbocycles. The van der Waals surface area contributed by atoms with E-state index in [0.717, 1.165) is 11.1 Å². The molecule has 0 N–H and O–H groups in total. The monoisotopic (exact) mass is 452 g/mol. The van der Waals surface area contributed by atoms with Crippen molar-refractivity contribution in [2.24, 2.45) is 0 Å². The van der Waals surface area contributed by atoms with Crippen LogP contribution >= 0.6 is 0 Å². The van der Waals surface area contributed by atoms with E-state index in [4.69, 9.17) is 4.74 Å². The standard InChI is InChI=1S/C21H28N2O5S2/c1-18-4-8-20(9-5-18)29(24,25)22-12-3-13-23(15-17-28-16-14-22)30(26,27)21-10-6-19(2)7-11-21/h4-11H,3,12-17H2,1-2H3. The molecule has 7 nitrogen and oxygen atoms in total. The zero-order chi connectivity index (χ0) is 21.8. The second-order valence-electron chi connectivity index (χ2n) is 7.40. The van der Waals surface area contributed by atoms with Crippen molar-refractivity contribution in [3.63, 3.8) is 0 Å². The topological polar surface area (TPSA) is 84.0 Å². The molecule has 1 heterocycles. The van der Waals surface area contributed by atoms with Gasteiger partial charge in [0.05, 0.1) is 23.0 Å². The molecule has 0 atom stereocenters. The molecule has 1 saturated heterocycles. The predicted octanol–water partition coefficient (Wildman–Crippen LogP) is 2.41. The Morgan fingerprint density at radius 1 is 0.633 bits per heavy atom. The third kappa shape index (κ3) is 5.28. The largest absolute Gasteiger partial charge is 0.379 e. The van der Waals surface area contributed by atoms with Crippen molar-refractivity contribution in [1.82, 2.24) is 8.61 Å². The lowest BCUT2D eigenvalue weighted by atomic mass is 10.2. The van der Waals surface area contributed by atoms with Gasteiger partial charge in [-0.3, -0.25) is 0 Å². The van der Waals surface area contributed by atoms with E-state index in [1.807, 2.05) is 13.8 Å². The third-order valence-corrected chi connectivity index (χ3v) is 8.93. The molecule has 1 aliphatic heterocycles. The normalized spacial score (nSPS) is 18.2. The number of nitrogens with zero attached hydrogens (tertiary/aromatic N) is 2. The van der Waals surface area contributed by atoms with E-state index in [9.17, 15) is 16.8 Å². The van der Waals surface area contributed by atoms with Gasteiger partial charge in [0.25, 0.3) is 0 Å². The first kappa shape index (κ1) is 22.9. The number of ether oxygens (including phenoxy) is 1. The minimum Gasteiger partial charge on any atom is -0.379 e. The van der Waals surface area contributed by atoms with Crippen molar-refractivity contribution in [2.75, 3.05) is 39.4 Å². The predicted molar refractivity (Wildman–Crippen MR) is 115 cm³/mol. The highest BCUT2D eigenvalue weighted by molar-refractivity contribution is 7.89. The lowest BCUT2D eigenvalue weighted by Crippen LogP contribution is -2.41. The molecule has 2 aromatic carbocycles. The summed E-state index contributed by atoms with van der Waals surface area (Å²) in [6.45, 7) is 5.14. The Morgan fingerprint density at radius 2 is 1.00 bits per heavy atom. The van der Waals surface area contributed by atoms with Gasteiger partial charge in [-0.15, -0.1) is 0 Å². The third-order valence-electron chi connectivity index (χ3n) is 5.10. The van der Waals surface area contributed by atoms with Crippen molar-refractivity contribution in [2.45, 2.75) is 30.1 Å². The van der Waals surface area contributed by atoms with Gasteiger partial charge in [-0.1, -0.05) is 35.4 Å². The number of benzene rings is 2. The average Bonchev–Trinajstić information content (AvgIpc) is 2.72. The number of rotatable bonds is 4. The van der Waals surface area contributed by atoms with Gasteiger partial charge in [0, 0.05) is 26.2 Å². The van der Waals surface area contributed by atoms with Crippen LogP contribution in [0.4, 0.5) is 0 Å².